The molecule has 0 atom stereocenters. The van der Waals surface area contributed by atoms with E-state index in [-0.39, 0.29) is 17.3 Å². The van der Waals surface area contributed by atoms with E-state index in [1.807, 2.05) is 17.0 Å². The molecule has 0 saturated carbocycles. The van der Waals surface area contributed by atoms with Gasteiger partial charge in [0.2, 0.25) is 5.82 Å². The molecule has 2 fully saturated rings. The molecule has 0 bridgehead atoms. The fraction of sp³-hybridized carbons (Fsp3) is 0.625. The van der Waals surface area contributed by atoms with Crippen molar-refractivity contribution in [3.63, 3.8) is 0 Å². The molecule has 1 spiro atoms. The van der Waals surface area contributed by atoms with Gasteiger partial charge in [0.05, 0.1) is 5.54 Å². The largest absolute Gasteiger partial charge is 0.333 e. The van der Waals surface area contributed by atoms with Gasteiger partial charge in [0.15, 0.2) is 5.82 Å². The highest BCUT2D eigenvalue weighted by atomic mass is 19.1. The first-order chi connectivity index (χ1) is 16.0. The van der Waals surface area contributed by atoms with E-state index in [0.29, 0.717) is 5.82 Å². The second-order valence-electron chi connectivity index (χ2n) is 9.58. The van der Waals surface area contributed by atoms with E-state index in [0.717, 1.165) is 89.7 Å². The average molecular weight is 456 g/mol. The summed E-state index contributed by atoms with van der Waals surface area (Å²) in [4.78, 5) is 22.4. The molecule has 1 amide bonds. The van der Waals surface area contributed by atoms with Crippen molar-refractivity contribution in [2.45, 2.75) is 38.4 Å². The zero-order valence-electron chi connectivity index (χ0n) is 19.7. The Bertz CT molecular complexity index is 975. The van der Waals surface area contributed by atoms with Gasteiger partial charge in [0.25, 0.3) is 5.91 Å². The van der Waals surface area contributed by atoms with Crippen LogP contribution in [0, 0.1) is 5.82 Å². The van der Waals surface area contributed by atoms with Crippen LogP contribution in [0.2, 0.25) is 0 Å². The van der Waals surface area contributed by atoms with Gasteiger partial charge >= 0.3 is 0 Å². The van der Waals surface area contributed by atoms with Gasteiger partial charge < -0.3 is 14.4 Å². The van der Waals surface area contributed by atoms with Crippen molar-refractivity contribution in [2.75, 3.05) is 59.4 Å². The summed E-state index contributed by atoms with van der Waals surface area (Å²) in [6.45, 7) is 10.8. The SMILES string of the molecule is CCN1CCN(C(=O)c2nnc3n2CCN(C)C32CCN(Cc3ccc(F)cc3)CC2)CC1. The molecular formula is C24H34FN7O. The van der Waals surface area contributed by atoms with Gasteiger partial charge in [-0.15, -0.1) is 10.2 Å². The van der Waals surface area contributed by atoms with Crippen molar-refractivity contribution in [1.29, 1.82) is 0 Å². The quantitative estimate of drug-likeness (QED) is 0.699. The van der Waals surface area contributed by atoms with Crippen LogP contribution in [-0.2, 0) is 18.6 Å². The number of likely N-dealkylation sites (N-methyl/N-ethyl adjacent to an activating group) is 2. The Balaban J connectivity index is 1.30. The highest BCUT2D eigenvalue weighted by Gasteiger charge is 2.47. The number of hydrogen-bond donors (Lipinski definition) is 0. The van der Waals surface area contributed by atoms with E-state index in [9.17, 15) is 9.18 Å². The van der Waals surface area contributed by atoms with E-state index < -0.39 is 0 Å². The maximum atomic E-state index is 13.3. The maximum absolute atomic E-state index is 13.3. The van der Waals surface area contributed by atoms with Gasteiger partial charge in [-0.1, -0.05) is 19.1 Å². The number of piperidine rings is 1. The molecule has 9 heteroatoms. The third-order valence-electron chi connectivity index (χ3n) is 7.86. The standard InChI is InChI=1S/C24H34FN7O/c1-3-29-13-15-31(16-14-29)22(33)21-26-27-23-24(28(2)12-17-32(21)23)8-10-30(11-9-24)18-19-4-6-20(25)7-5-19/h4-7H,3,8-18H2,1-2H3. The molecule has 3 aliphatic heterocycles. The summed E-state index contributed by atoms with van der Waals surface area (Å²) in [7, 11) is 2.17. The highest BCUT2D eigenvalue weighted by molar-refractivity contribution is 5.91. The van der Waals surface area contributed by atoms with Crippen LogP contribution in [-0.4, -0.2) is 99.7 Å². The lowest BCUT2D eigenvalue weighted by molar-refractivity contribution is 0.00582. The normalized spacial score (nSPS) is 22.0. The molecule has 1 aromatic heterocycles. The fourth-order valence-electron chi connectivity index (χ4n) is 5.60. The summed E-state index contributed by atoms with van der Waals surface area (Å²) in [5.74, 6) is 1.25. The first-order valence-electron chi connectivity index (χ1n) is 12.1. The Kier molecular flexibility index (Phi) is 6.20. The predicted molar refractivity (Wildman–Crippen MR) is 123 cm³/mol. The van der Waals surface area contributed by atoms with E-state index in [1.165, 1.54) is 12.1 Å². The van der Waals surface area contributed by atoms with Gasteiger partial charge in [0.1, 0.15) is 5.82 Å². The Hall–Kier alpha value is -2.36. The summed E-state index contributed by atoms with van der Waals surface area (Å²) in [6, 6.07) is 6.78. The molecule has 0 N–H and O–H groups in total. The number of halogens is 1. The summed E-state index contributed by atoms with van der Waals surface area (Å²) in [6.07, 6.45) is 1.87. The number of amides is 1. The predicted octanol–water partition coefficient (Wildman–Crippen LogP) is 1.63. The molecule has 5 rings (SSSR count). The monoisotopic (exact) mass is 455 g/mol. The topological polar surface area (TPSA) is 60.7 Å². The van der Waals surface area contributed by atoms with Crippen LogP contribution in [0.15, 0.2) is 24.3 Å². The highest BCUT2D eigenvalue weighted by Crippen LogP contribution is 2.40. The molecule has 2 saturated heterocycles. The zero-order valence-corrected chi connectivity index (χ0v) is 19.7. The summed E-state index contributed by atoms with van der Waals surface area (Å²) in [5, 5.41) is 9.03. The Morgan fingerprint density at radius 2 is 1.64 bits per heavy atom. The van der Waals surface area contributed by atoms with Crippen LogP contribution in [0.4, 0.5) is 4.39 Å². The van der Waals surface area contributed by atoms with Crippen LogP contribution >= 0.6 is 0 Å². The number of piperazine rings is 1. The summed E-state index contributed by atoms with van der Waals surface area (Å²) < 4.78 is 15.3. The van der Waals surface area contributed by atoms with Crippen molar-refractivity contribution in [1.82, 2.24) is 34.4 Å². The van der Waals surface area contributed by atoms with Gasteiger partial charge in [-0.25, -0.2) is 4.39 Å². The number of fused-ring (bicyclic) bond motifs is 2. The minimum Gasteiger partial charge on any atom is -0.333 e. The number of nitrogens with zero attached hydrogens (tertiary/aromatic N) is 7. The lowest BCUT2D eigenvalue weighted by atomic mass is 9.83. The van der Waals surface area contributed by atoms with E-state index in [1.54, 1.807) is 0 Å². The third kappa shape index (κ3) is 4.18. The lowest BCUT2D eigenvalue weighted by Gasteiger charge is -2.49. The molecule has 0 unspecified atom stereocenters. The third-order valence-corrected chi connectivity index (χ3v) is 7.86. The number of benzene rings is 1. The molecule has 1 aromatic carbocycles. The first-order valence-corrected chi connectivity index (χ1v) is 12.1. The van der Waals surface area contributed by atoms with Gasteiger partial charge in [-0.3, -0.25) is 14.6 Å². The fourth-order valence-corrected chi connectivity index (χ4v) is 5.60. The number of carbonyl (C=O) groups excluding carboxylic acids is 1. The molecule has 3 aliphatic rings. The molecule has 4 heterocycles. The first kappa shape index (κ1) is 22.4. The van der Waals surface area contributed by atoms with Crippen molar-refractivity contribution < 1.29 is 9.18 Å². The summed E-state index contributed by atoms with van der Waals surface area (Å²) >= 11 is 0. The Morgan fingerprint density at radius 1 is 0.939 bits per heavy atom. The van der Waals surface area contributed by atoms with Crippen LogP contribution in [0.1, 0.15) is 41.8 Å². The number of rotatable bonds is 4. The van der Waals surface area contributed by atoms with Crippen molar-refractivity contribution in [2.24, 2.45) is 0 Å². The van der Waals surface area contributed by atoms with Crippen molar-refractivity contribution in [3.05, 3.63) is 47.3 Å². The minimum absolute atomic E-state index is 0.0120. The van der Waals surface area contributed by atoms with Gasteiger partial charge in [-0.05, 0) is 44.1 Å². The van der Waals surface area contributed by atoms with Crippen LogP contribution in [0.25, 0.3) is 0 Å². The minimum atomic E-state index is -0.197. The van der Waals surface area contributed by atoms with E-state index in [4.69, 9.17) is 0 Å². The zero-order chi connectivity index (χ0) is 23.0. The number of likely N-dealkylation sites (tertiary alicyclic amines) is 1. The lowest BCUT2D eigenvalue weighted by Crippen LogP contribution is -2.56. The van der Waals surface area contributed by atoms with Gasteiger partial charge in [-0.2, -0.15) is 0 Å². The van der Waals surface area contributed by atoms with E-state index in [2.05, 4.69) is 43.4 Å². The molecule has 8 nitrogen and oxygen atoms in total. The molecule has 33 heavy (non-hydrogen) atoms. The molecule has 2 aromatic rings. The summed E-state index contributed by atoms with van der Waals surface area (Å²) in [5.41, 5.74) is 0.938. The number of hydrogen-bond acceptors (Lipinski definition) is 6. The second-order valence-corrected chi connectivity index (χ2v) is 9.58. The van der Waals surface area contributed by atoms with Crippen molar-refractivity contribution >= 4 is 5.91 Å². The van der Waals surface area contributed by atoms with Gasteiger partial charge in [0, 0.05) is 58.9 Å². The Labute approximate surface area is 195 Å². The number of aromatic nitrogens is 3. The maximum Gasteiger partial charge on any atom is 0.291 e. The number of carbonyl (C=O) groups is 1. The molecule has 178 valence electrons. The van der Waals surface area contributed by atoms with E-state index >= 15 is 0 Å². The molecule has 0 aliphatic carbocycles. The average Bonchev–Trinajstić information content (AvgIpc) is 3.29. The van der Waals surface area contributed by atoms with Crippen LogP contribution < -0.4 is 0 Å². The van der Waals surface area contributed by atoms with Crippen LogP contribution in [0.3, 0.4) is 0 Å². The Morgan fingerprint density at radius 3 is 2.30 bits per heavy atom. The smallest absolute Gasteiger partial charge is 0.291 e. The molecular weight excluding hydrogens is 421 g/mol. The molecule has 0 radical (unpaired) electrons. The second kappa shape index (κ2) is 9.12. The van der Waals surface area contributed by atoms with Crippen LogP contribution in [0.5, 0.6) is 0 Å². The van der Waals surface area contributed by atoms with Crippen molar-refractivity contribution in [3.8, 4) is 0 Å².